The van der Waals surface area contributed by atoms with Crippen molar-refractivity contribution < 1.29 is 8.78 Å². The SMILES string of the molecule is CCNC(c1cc(F)c(Cl)cc1F)C1CC1. The highest BCUT2D eigenvalue weighted by molar-refractivity contribution is 6.30. The van der Waals surface area contributed by atoms with E-state index in [1.807, 2.05) is 6.92 Å². The molecule has 1 aromatic rings. The average molecular weight is 246 g/mol. The molecule has 1 saturated carbocycles. The van der Waals surface area contributed by atoms with E-state index in [-0.39, 0.29) is 11.1 Å². The van der Waals surface area contributed by atoms with Crippen molar-refractivity contribution in [2.45, 2.75) is 25.8 Å². The van der Waals surface area contributed by atoms with Crippen LogP contribution in [0.25, 0.3) is 0 Å². The van der Waals surface area contributed by atoms with Crippen LogP contribution >= 0.6 is 11.6 Å². The van der Waals surface area contributed by atoms with E-state index < -0.39 is 11.6 Å². The van der Waals surface area contributed by atoms with Gasteiger partial charge in [0.25, 0.3) is 0 Å². The number of rotatable bonds is 4. The van der Waals surface area contributed by atoms with Crippen LogP contribution in [0.4, 0.5) is 8.78 Å². The third-order valence-corrected chi connectivity index (χ3v) is 3.18. The molecular formula is C12H14ClF2N. The fourth-order valence-corrected chi connectivity index (χ4v) is 2.11. The van der Waals surface area contributed by atoms with E-state index in [0.29, 0.717) is 11.5 Å². The standard InChI is InChI=1S/C12H14ClF2N/c1-2-16-12(7-3-4-7)8-5-11(15)9(13)6-10(8)14/h5-7,12,16H,2-4H2,1H3. The van der Waals surface area contributed by atoms with E-state index in [1.54, 1.807) is 0 Å². The molecular weight excluding hydrogens is 232 g/mol. The first kappa shape index (κ1) is 11.8. The Balaban J connectivity index is 2.32. The molecule has 2 rings (SSSR count). The summed E-state index contributed by atoms with van der Waals surface area (Å²) >= 11 is 5.53. The van der Waals surface area contributed by atoms with Gasteiger partial charge < -0.3 is 5.32 Å². The molecule has 0 bridgehead atoms. The molecule has 1 nitrogen and oxygen atoms in total. The van der Waals surface area contributed by atoms with Crippen LogP contribution in [0.3, 0.4) is 0 Å². The van der Waals surface area contributed by atoms with Crippen LogP contribution in [-0.2, 0) is 0 Å². The maximum Gasteiger partial charge on any atom is 0.142 e. The number of nitrogens with one attached hydrogen (secondary N) is 1. The first-order valence-corrected chi connectivity index (χ1v) is 5.89. The number of benzene rings is 1. The molecule has 0 aliphatic heterocycles. The molecule has 16 heavy (non-hydrogen) atoms. The topological polar surface area (TPSA) is 12.0 Å². The molecule has 0 radical (unpaired) electrons. The third kappa shape index (κ3) is 2.36. The van der Waals surface area contributed by atoms with Crippen LogP contribution in [0.15, 0.2) is 12.1 Å². The highest BCUT2D eigenvalue weighted by Gasteiger charge is 2.33. The molecule has 0 aromatic heterocycles. The van der Waals surface area contributed by atoms with Crippen molar-refractivity contribution in [2.24, 2.45) is 5.92 Å². The van der Waals surface area contributed by atoms with E-state index in [9.17, 15) is 8.78 Å². The molecule has 0 amide bonds. The first-order chi connectivity index (χ1) is 7.63. The predicted octanol–water partition coefficient (Wildman–Crippen LogP) is 3.68. The van der Waals surface area contributed by atoms with Crippen LogP contribution < -0.4 is 5.32 Å². The normalized spacial score (nSPS) is 17.5. The largest absolute Gasteiger partial charge is 0.310 e. The van der Waals surface area contributed by atoms with Gasteiger partial charge >= 0.3 is 0 Å². The van der Waals surface area contributed by atoms with Crippen molar-refractivity contribution in [2.75, 3.05) is 6.54 Å². The summed E-state index contributed by atoms with van der Waals surface area (Å²) in [5, 5.41) is 3.04. The van der Waals surface area contributed by atoms with Gasteiger partial charge in [-0.15, -0.1) is 0 Å². The molecule has 1 fully saturated rings. The summed E-state index contributed by atoms with van der Waals surface area (Å²) in [5.74, 6) is -0.555. The van der Waals surface area contributed by atoms with Crippen molar-refractivity contribution in [3.63, 3.8) is 0 Å². The molecule has 1 aromatic carbocycles. The zero-order valence-corrected chi connectivity index (χ0v) is 9.82. The van der Waals surface area contributed by atoms with Crippen molar-refractivity contribution in [3.05, 3.63) is 34.4 Å². The zero-order valence-electron chi connectivity index (χ0n) is 9.06. The molecule has 1 N–H and O–H groups in total. The number of hydrogen-bond donors (Lipinski definition) is 1. The number of hydrogen-bond acceptors (Lipinski definition) is 1. The second-order valence-electron chi connectivity index (χ2n) is 4.16. The van der Waals surface area contributed by atoms with Crippen molar-refractivity contribution in [1.29, 1.82) is 0 Å². The first-order valence-electron chi connectivity index (χ1n) is 5.51. The summed E-state index contributed by atoms with van der Waals surface area (Å²) < 4.78 is 27.0. The van der Waals surface area contributed by atoms with Gasteiger partial charge in [0.05, 0.1) is 5.02 Å². The Morgan fingerprint density at radius 2 is 2.06 bits per heavy atom. The van der Waals surface area contributed by atoms with Gasteiger partial charge in [0.15, 0.2) is 0 Å². The second kappa shape index (κ2) is 4.68. The van der Waals surface area contributed by atoms with E-state index in [1.165, 1.54) is 6.07 Å². The Morgan fingerprint density at radius 3 is 2.62 bits per heavy atom. The smallest absolute Gasteiger partial charge is 0.142 e. The summed E-state index contributed by atoms with van der Waals surface area (Å²) in [6.45, 7) is 2.70. The van der Waals surface area contributed by atoms with Crippen LogP contribution in [0.1, 0.15) is 31.4 Å². The van der Waals surface area contributed by atoms with Crippen LogP contribution in [0.2, 0.25) is 5.02 Å². The molecule has 1 aliphatic carbocycles. The maximum atomic E-state index is 13.7. The van der Waals surface area contributed by atoms with E-state index >= 15 is 0 Å². The van der Waals surface area contributed by atoms with Crippen LogP contribution in [0, 0.1) is 17.6 Å². The Labute approximate surface area is 98.8 Å². The summed E-state index contributed by atoms with van der Waals surface area (Å²) in [4.78, 5) is 0. The number of halogens is 3. The summed E-state index contributed by atoms with van der Waals surface area (Å²) in [6, 6.07) is 2.18. The Bertz CT molecular complexity index is 391. The fraction of sp³-hybridized carbons (Fsp3) is 0.500. The molecule has 4 heteroatoms. The lowest BCUT2D eigenvalue weighted by Gasteiger charge is -2.18. The highest BCUT2D eigenvalue weighted by atomic mass is 35.5. The third-order valence-electron chi connectivity index (χ3n) is 2.89. The summed E-state index contributed by atoms with van der Waals surface area (Å²) in [5.41, 5.74) is 0.395. The average Bonchev–Trinajstić information content (AvgIpc) is 3.04. The molecule has 0 heterocycles. The van der Waals surface area contributed by atoms with Gasteiger partial charge in [-0.2, -0.15) is 0 Å². The van der Waals surface area contributed by atoms with Gasteiger partial charge in [0.2, 0.25) is 0 Å². The lowest BCUT2D eigenvalue weighted by Crippen LogP contribution is -2.23. The van der Waals surface area contributed by atoms with E-state index in [0.717, 1.165) is 25.5 Å². The van der Waals surface area contributed by atoms with Gasteiger partial charge in [-0.1, -0.05) is 18.5 Å². The quantitative estimate of drug-likeness (QED) is 0.798. The Hall–Kier alpha value is -0.670. The van der Waals surface area contributed by atoms with Gasteiger partial charge in [-0.25, -0.2) is 8.78 Å². The Morgan fingerprint density at radius 1 is 1.38 bits per heavy atom. The van der Waals surface area contributed by atoms with Gasteiger partial charge in [0, 0.05) is 11.6 Å². The van der Waals surface area contributed by atoms with E-state index in [4.69, 9.17) is 11.6 Å². The molecule has 1 aliphatic rings. The minimum atomic E-state index is -0.554. The lowest BCUT2D eigenvalue weighted by atomic mass is 10.0. The van der Waals surface area contributed by atoms with Crippen molar-refractivity contribution in [3.8, 4) is 0 Å². The van der Waals surface area contributed by atoms with Crippen LogP contribution in [-0.4, -0.2) is 6.54 Å². The van der Waals surface area contributed by atoms with Gasteiger partial charge in [0.1, 0.15) is 11.6 Å². The van der Waals surface area contributed by atoms with Crippen molar-refractivity contribution in [1.82, 2.24) is 5.32 Å². The maximum absolute atomic E-state index is 13.7. The summed E-state index contributed by atoms with van der Waals surface area (Å²) in [6.07, 6.45) is 2.14. The lowest BCUT2D eigenvalue weighted by molar-refractivity contribution is 0.464. The van der Waals surface area contributed by atoms with Crippen molar-refractivity contribution >= 4 is 11.6 Å². The monoisotopic (exact) mass is 245 g/mol. The Kier molecular flexibility index (Phi) is 3.45. The van der Waals surface area contributed by atoms with Gasteiger partial charge in [-0.3, -0.25) is 0 Å². The molecule has 88 valence electrons. The molecule has 0 spiro atoms. The fourth-order valence-electron chi connectivity index (χ4n) is 1.96. The second-order valence-corrected chi connectivity index (χ2v) is 4.57. The predicted molar refractivity (Wildman–Crippen MR) is 60.5 cm³/mol. The van der Waals surface area contributed by atoms with E-state index in [2.05, 4.69) is 5.32 Å². The van der Waals surface area contributed by atoms with Gasteiger partial charge in [-0.05, 0) is 37.4 Å². The minimum absolute atomic E-state index is 0.0863. The van der Waals surface area contributed by atoms with Crippen LogP contribution in [0.5, 0.6) is 0 Å². The zero-order chi connectivity index (χ0) is 11.7. The summed E-state index contributed by atoms with van der Waals surface area (Å²) in [7, 11) is 0. The molecule has 1 atom stereocenters. The molecule has 1 unspecified atom stereocenters. The molecule has 0 saturated heterocycles. The minimum Gasteiger partial charge on any atom is -0.310 e. The highest BCUT2D eigenvalue weighted by Crippen LogP contribution is 2.42.